The highest BCUT2D eigenvalue weighted by Gasteiger charge is 2.44. The highest BCUT2D eigenvalue weighted by Crippen LogP contribution is 2.23. The average Bonchev–Trinajstić information content (AvgIpc) is 3.30. The lowest BCUT2D eigenvalue weighted by atomic mass is 10.1. The number of nitrogens with zero attached hydrogens (tertiary/aromatic N) is 4. The molecule has 4 amide bonds. The first-order valence-corrected chi connectivity index (χ1v) is 8.73. The molecule has 2 atom stereocenters. The summed E-state index contributed by atoms with van der Waals surface area (Å²) in [5, 5.41) is 9.82. The zero-order valence-corrected chi connectivity index (χ0v) is 14.8. The van der Waals surface area contributed by atoms with Crippen LogP contribution in [0, 0.1) is 0 Å². The molecule has 0 bridgehead atoms. The van der Waals surface area contributed by atoms with Crippen LogP contribution in [0.2, 0.25) is 0 Å². The number of fused-ring (bicyclic) bond motifs is 1. The Morgan fingerprint density at radius 1 is 1.26 bits per heavy atom. The number of benzene rings is 1. The summed E-state index contributed by atoms with van der Waals surface area (Å²) in [4.78, 5) is 39.7. The first-order valence-electron chi connectivity index (χ1n) is 8.73. The quantitative estimate of drug-likeness (QED) is 0.821. The fourth-order valence-electron chi connectivity index (χ4n) is 3.58. The number of aromatic nitrogens is 2. The molecule has 2 fully saturated rings. The van der Waals surface area contributed by atoms with Gasteiger partial charge in [0.2, 0.25) is 11.8 Å². The molecule has 9 heteroatoms. The molecule has 0 saturated carbocycles. The highest BCUT2D eigenvalue weighted by atomic mass is 16.2. The Bertz CT molecular complexity index is 881. The van der Waals surface area contributed by atoms with Gasteiger partial charge in [-0.2, -0.15) is 5.10 Å². The summed E-state index contributed by atoms with van der Waals surface area (Å²) < 4.78 is 1.70. The van der Waals surface area contributed by atoms with Crippen LogP contribution in [0.4, 0.5) is 10.5 Å². The molecular weight excluding hydrogens is 348 g/mol. The van der Waals surface area contributed by atoms with Crippen molar-refractivity contribution < 1.29 is 14.4 Å². The van der Waals surface area contributed by atoms with Crippen molar-refractivity contribution in [3.05, 3.63) is 42.7 Å². The normalized spacial score (nSPS) is 22.0. The minimum absolute atomic E-state index is 0.0776. The molecule has 3 heterocycles. The predicted molar refractivity (Wildman–Crippen MR) is 97.3 cm³/mol. The van der Waals surface area contributed by atoms with Crippen LogP contribution >= 0.6 is 0 Å². The third kappa shape index (κ3) is 3.35. The monoisotopic (exact) mass is 368 g/mol. The predicted octanol–water partition coefficient (Wildman–Crippen LogP) is 0.435. The van der Waals surface area contributed by atoms with E-state index in [0.29, 0.717) is 18.7 Å². The summed E-state index contributed by atoms with van der Waals surface area (Å²) >= 11 is 0. The van der Waals surface area contributed by atoms with Gasteiger partial charge in [0.25, 0.3) is 0 Å². The molecule has 0 radical (unpaired) electrons. The Hall–Kier alpha value is -3.36. The van der Waals surface area contributed by atoms with Crippen LogP contribution in [-0.4, -0.2) is 69.6 Å². The van der Waals surface area contributed by atoms with E-state index in [4.69, 9.17) is 0 Å². The summed E-state index contributed by atoms with van der Waals surface area (Å²) in [7, 11) is 1.62. The van der Waals surface area contributed by atoms with E-state index in [-0.39, 0.29) is 30.4 Å². The standard InChI is InChI=1S/C18H20N6O3/c1-22-11-16(25)23-10-13(9-15(23)17(22)26)21-18(27)20-12-4-2-5-14(8-12)24-7-3-6-19-24/h2-8,13,15H,9-11H2,1H3,(H2,20,21,27). The zero-order valence-electron chi connectivity index (χ0n) is 14.8. The largest absolute Gasteiger partial charge is 0.335 e. The number of likely N-dealkylation sites (N-methyl/N-ethyl adjacent to an activating group) is 1. The van der Waals surface area contributed by atoms with Crippen LogP contribution in [0.1, 0.15) is 6.42 Å². The van der Waals surface area contributed by atoms with E-state index in [0.717, 1.165) is 5.69 Å². The van der Waals surface area contributed by atoms with E-state index < -0.39 is 6.04 Å². The van der Waals surface area contributed by atoms with Gasteiger partial charge in [0.15, 0.2) is 0 Å². The number of rotatable bonds is 3. The van der Waals surface area contributed by atoms with Crippen molar-refractivity contribution in [1.82, 2.24) is 24.9 Å². The van der Waals surface area contributed by atoms with E-state index in [1.807, 2.05) is 30.5 Å². The van der Waals surface area contributed by atoms with Crippen molar-refractivity contribution in [3.8, 4) is 5.69 Å². The molecule has 2 unspecified atom stereocenters. The molecule has 4 rings (SSSR count). The number of anilines is 1. The topological polar surface area (TPSA) is 99.6 Å². The maximum Gasteiger partial charge on any atom is 0.319 e. The number of hydrogen-bond acceptors (Lipinski definition) is 4. The Labute approximate surface area is 155 Å². The molecule has 0 aliphatic carbocycles. The fourth-order valence-corrected chi connectivity index (χ4v) is 3.58. The summed E-state index contributed by atoms with van der Waals surface area (Å²) in [6, 6.07) is 8.02. The van der Waals surface area contributed by atoms with Crippen LogP contribution in [0.25, 0.3) is 5.69 Å². The third-order valence-electron chi connectivity index (χ3n) is 4.86. The number of piperazine rings is 1. The fraction of sp³-hybridized carbons (Fsp3) is 0.333. The van der Waals surface area contributed by atoms with Gasteiger partial charge in [0, 0.05) is 31.7 Å². The first kappa shape index (κ1) is 17.1. The Morgan fingerprint density at radius 2 is 2.11 bits per heavy atom. The van der Waals surface area contributed by atoms with Gasteiger partial charge in [-0.15, -0.1) is 0 Å². The highest BCUT2D eigenvalue weighted by molar-refractivity contribution is 5.96. The lowest BCUT2D eigenvalue weighted by Crippen LogP contribution is -2.55. The number of hydrogen-bond donors (Lipinski definition) is 2. The molecule has 2 N–H and O–H groups in total. The Morgan fingerprint density at radius 3 is 2.89 bits per heavy atom. The zero-order chi connectivity index (χ0) is 19.0. The second kappa shape index (κ2) is 6.75. The Balaban J connectivity index is 1.39. The maximum absolute atomic E-state index is 12.4. The SMILES string of the molecule is CN1CC(=O)N2CC(NC(=O)Nc3cccc(-n4cccn4)c3)CC2C1=O. The van der Waals surface area contributed by atoms with Gasteiger partial charge in [0.1, 0.15) is 6.04 Å². The summed E-state index contributed by atoms with van der Waals surface area (Å²) in [6.07, 6.45) is 3.93. The van der Waals surface area contributed by atoms with Crippen molar-refractivity contribution in [1.29, 1.82) is 0 Å². The van der Waals surface area contributed by atoms with Crippen molar-refractivity contribution in [3.63, 3.8) is 0 Å². The molecule has 27 heavy (non-hydrogen) atoms. The average molecular weight is 368 g/mol. The summed E-state index contributed by atoms with van der Waals surface area (Å²) in [6.45, 7) is 0.443. The number of nitrogens with one attached hydrogen (secondary N) is 2. The van der Waals surface area contributed by atoms with Crippen molar-refractivity contribution in [2.24, 2.45) is 0 Å². The molecule has 2 aliphatic heterocycles. The first-order chi connectivity index (χ1) is 13.0. The number of urea groups is 1. The smallest absolute Gasteiger partial charge is 0.319 e. The molecule has 2 aliphatic rings. The third-order valence-corrected chi connectivity index (χ3v) is 4.86. The number of carbonyl (C=O) groups is 3. The van der Waals surface area contributed by atoms with Gasteiger partial charge in [-0.1, -0.05) is 6.07 Å². The molecule has 2 aromatic rings. The molecule has 9 nitrogen and oxygen atoms in total. The molecule has 0 spiro atoms. The van der Waals surface area contributed by atoms with Crippen molar-refractivity contribution >= 4 is 23.5 Å². The van der Waals surface area contributed by atoms with Crippen LogP contribution in [-0.2, 0) is 9.59 Å². The number of carbonyl (C=O) groups excluding carboxylic acids is 3. The minimum atomic E-state index is -0.482. The lowest BCUT2D eigenvalue weighted by Gasteiger charge is -2.33. The van der Waals surface area contributed by atoms with Gasteiger partial charge in [-0.25, -0.2) is 9.48 Å². The van der Waals surface area contributed by atoms with Gasteiger partial charge in [0.05, 0.1) is 18.3 Å². The lowest BCUT2D eigenvalue weighted by molar-refractivity contribution is -0.152. The van der Waals surface area contributed by atoms with Gasteiger partial charge < -0.3 is 20.4 Å². The van der Waals surface area contributed by atoms with Gasteiger partial charge in [-0.05, 0) is 30.7 Å². The second-order valence-electron chi connectivity index (χ2n) is 6.79. The van der Waals surface area contributed by atoms with Gasteiger partial charge >= 0.3 is 6.03 Å². The van der Waals surface area contributed by atoms with Crippen molar-refractivity contribution in [2.45, 2.75) is 18.5 Å². The van der Waals surface area contributed by atoms with E-state index in [1.54, 1.807) is 28.9 Å². The van der Waals surface area contributed by atoms with E-state index in [1.165, 1.54) is 4.90 Å². The van der Waals surface area contributed by atoms with Crippen molar-refractivity contribution in [2.75, 3.05) is 25.5 Å². The number of amides is 4. The van der Waals surface area contributed by atoms with Crippen LogP contribution in [0.5, 0.6) is 0 Å². The molecular formula is C18H20N6O3. The minimum Gasteiger partial charge on any atom is -0.335 e. The Kier molecular flexibility index (Phi) is 4.27. The molecule has 140 valence electrons. The van der Waals surface area contributed by atoms with Crippen LogP contribution in [0.3, 0.4) is 0 Å². The van der Waals surface area contributed by atoms with Gasteiger partial charge in [-0.3, -0.25) is 9.59 Å². The molecule has 1 aromatic heterocycles. The van der Waals surface area contributed by atoms with E-state index in [9.17, 15) is 14.4 Å². The van der Waals surface area contributed by atoms with E-state index >= 15 is 0 Å². The maximum atomic E-state index is 12.4. The molecule has 2 saturated heterocycles. The van der Waals surface area contributed by atoms with Crippen LogP contribution in [0.15, 0.2) is 42.7 Å². The summed E-state index contributed by atoms with van der Waals surface area (Å²) in [5.41, 5.74) is 1.46. The van der Waals surface area contributed by atoms with Crippen LogP contribution < -0.4 is 10.6 Å². The second-order valence-corrected chi connectivity index (χ2v) is 6.79. The van der Waals surface area contributed by atoms with E-state index in [2.05, 4.69) is 15.7 Å². The summed E-state index contributed by atoms with van der Waals surface area (Å²) in [5.74, 6) is -0.162. The molecule has 1 aromatic carbocycles.